The number of piperidine rings is 1. The Labute approximate surface area is 303 Å². The van der Waals surface area contributed by atoms with Crippen molar-refractivity contribution in [2.75, 3.05) is 39.5 Å². The molecule has 3 aliphatic rings. The number of carbonyl (C=O) groups excluding carboxylic acids is 1. The molecule has 2 atom stereocenters. The molecule has 11 heteroatoms. The number of benzene rings is 2. The van der Waals surface area contributed by atoms with Crippen LogP contribution in [0.15, 0.2) is 79.2 Å². The Morgan fingerprint density at radius 2 is 1.84 bits per heavy atom. The molecule has 0 saturated carbocycles. The Morgan fingerprint density at radius 1 is 1.06 bits per heavy atom. The maximum absolute atomic E-state index is 14.7. The molecule has 2 aliphatic heterocycles. The molecule has 0 spiro atoms. The summed E-state index contributed by atoms with van der Waals surface area (Å²) in [4.78, 5) is 34.8. The molecule has 1 unspecified atom stereocenters. The SMILES string of the molecule is CC1(C)C(c2ccccc2)=CC=CC1(COc1cc(OCc2cncc(C#N)c2)c(CN2CCCC[C@H]2C(=O)O)cc1Cl)C(=O)N1CCOCC1. The van der Waals surface area contributed by atoms with Gasteiger partial charge in [-0.1, -0.05) is 80.4 Å². The van der Waals surface area contributed by atoms with Gasteiger partial charge < -0.3 is 24.2 Å². The number of carbonyl (C=O) groups is 2. The Morgan fingerprint density at radius 3 is 2.59 bits per heavy atom. The second-order valence-electron chi connectivity index (χ2n) is 13.8. The number of aromatic nitrogens is 1. The van der Waals surface area contributed by atoms with Gasteiger partial charge in [-0.05, 0) is 42.7 Å². The number of carboxylic acid groups (broad SMARTS) is 1. The lowest BCUT2D eigenvalue weighted by Crippen LogP contribution is -2.57. The van der Waals surface area contributed by atoms with E-state index in [0.717, 1.165) is 24.0 Å². The van der Waals surface area contributed by atoms with E-state index in [4.69, 9.17) is 25.8 Å². The van der Waals surface area contributed by atoms with Crippen molar-refractivity contribution in [2.24, 2.45) is 10.8 Å². The maximum Gasteiger partial charge on any atom is 0.320 e. The van der Waals surface area contributed by atoms with E-state index >= 15 is 0 Å². The number of nitriles is 1. The molecular formula is C40H43ClN4O6. The number of ether oxygens (including phenoxy) is 3. The summed E-state index contributed by atoms with van der Waals surface area (Å²) in [5, 5.41) is 19.6. The first-order valence-corrected chi connectivity index (χ1v) is 17.7. The topological polar surface area (TPSA) is 125 Å². The van der Waals surface area contributed by atoms with Gasteiger partial charge in [0.2, 0.25) is 5.91 Å². The van der Waals surface area contributed by atoms with Crippen molar-refractivity contribution in [1.29, 1.82) is 5.26 Å². The van der Waals surface area contributed by atoms with Crippen LogP contribution in [-0.2, 0) is 27.5 Å². The Hall–Kier alpha value is -4.69. The number of amides is 1. The summed E-state index contributed by atoms with van der Waals surface area (Å²) < 4.78 is 18.6. The van der Waals surface area contributed by atoms with Crippen molar-refractivity contribution in [3.63, 3.8) is 0 Å². The number of halogens is 1. The highest BCUT2D eigenvalue weighted by molar-refractivity contribution is 6.32. The molecule has 0 radical (unpaired) electrons. The van der Waals surface area contributed by atoms with Crippen molar-refractivity contribution in [3.05, 3.63) is 106 Å². The van der Waals surface area contributed by atoms with Gasteiger partial charge in [-0.15, -0.1) is 0 Å². The quantitative estimate of drug-likeness (QED) is 0.237. The fourth-order valence-electron chi connectivity index (χ4n) is 7.32. The first kappa shape index (κ1) is 36.1. The first-order valence-electron chi connectivity index (χ1n) is 17.3. The van der Waals surface area contributed by atoms with Crippen LogP contribution in [0.3, 0.4) is 0 Å². The molecular weight excluding hydrogens is 668 g/mol. The molecule has 51 heavy (non-hydrogen) atoms. The summed E-state index contributed by atoms with van der Waals surface area (Å²) in [6.45, 7) is 7.11. The number of carboxylic acids is 1. The molecule has 6 rings (SSSR count). The Kier molecular flexibility index (Phi) is 11.1. The number of rotatable bonds is 11. The number of aliphatic carboxylic acids is 1. The van der Waals surface area contributed by atoms with Crippen molar-refractivity contribution in [2.45, 2.75) is 52.3 Å². The molecule has 3 heterocycles. The number of morpholine rings is 1. The second kappa shape index (κ2) is 15.7. The highest BCUT2D eigenvalue weighted by Crippen LogP contribution is 2.53. The van der Waals surface area contributed by atoms with Crippen LogP contribution in [0.2, 0.25) is 5.02 Å². The Bertz CT molecular complexity index is 1850. The average molecular weight is 711 g/mol. The number of hydrogen-bond donors (Lipinski definition) is 1. The van der Waals surface area contributed by atoms with Crippen molar-refractivity contribution < 1.29 is 28.9 Å². The van der Waals surface area contributed by atoms with Gasteiger partial charge in [0, 0.05) is 54.6 Å². The van der Waals surface area contributed by atoms with Crippen molar-refractivity contribution >= 4 is 29.1 Å². The van der Waals surface area contributed by atoms with E-state index < -0.39 is 22.8 Å². The van der Waals surface area contributed by atoms with Crippen molar-refractivity contribution in [1.82, 2.24) is 14.8 Å². The smallest absolute Gasteiger partial charge is 0.320 e. The summed E-state index contributed by atoms with van der Waals surface area (Å²) in [5.41, 5.74) is 2.07. The van der Waals surface area contributed by atoms with Gasteiger partial charge in [-0.3, -0.25) is 19.5 Å². The maximum atomic E-state index is 14.7. The second-order valence-corrected chi connectivity index (χ2v) is 14.2. The predicted octanol–water partition coefficient (Wildman–Crippen LogP) is 6.53. The zero-order valence-electron chi connectivity index (χ0n) is 29.0. The van der Waals surface area contributed by atoms with Gasteiger partial charge in [0.25, 0.3) is 0 Å². The molecule has 2 fully saturated rings. The standard InChI is InChI=1S/C40H43ClN4O6/c1-39(2)32(30-9-4-3-5-10-30)11-8-13-40(39,38(48)44-15-17-49-18-16-44)27-51-36-21-35(50-26-29-19-28(22-42)23-43-24-29)31(20-33(36)41)25-45-14-7-6-12-34(45)37(46)47/h3-5,8-11,13,19-21,23-24,34H,6-7,12,14-18,25-27H2,1-2H3,(H,46,47)/t34-,40?/m0/s1. The summed E-state index contributed by atoms with van der Waals surface area (Å²) in [6.07, 6.45) is 11.4. The predicted molar refractivity (Wildman–Crippen MR) is 193 cm³/mol. The lowest BCUT2D eigenvalue weighted by atomic mass is 9.58. The normalized spacial score (nSPS) is 21.7. The monoisotopic (exact) mass is 710 g/mol. The van der Waals surface area contributed by atoms with E-state index in [1.165, 1.54) is 6.20 Å². The Balaban J connectivity index is 1.35. The first-order chi connectivity index (χ1) is 24.6. The minimum absolute atomic E-state index is 0.00326. The average Bonchev–Trinajstić information content (AvgIpc) is 3.15. The van der Waals surface area contributed by atoms with E-state index in [0.29, 0.717) is 79.0 Å². The summed E-state index contributed by atoms with van der Waals surface area (Å²) >= 11 is 6.96. The van der Waals surface area contributed by atoms with Crippen LogP contribution in [0.5, 0.6) is 11.5 Å². The van der Waals surface area contributed by atoms with Gasteiger partial charge in [-0.2, -0.15) is 5.26 Å². The minimum Gasteiger partial charge on any atom is -0.490 e. The van der Waals surface area contributed by atoms with Crippen LogP contribution in [0.25, 0.3) is 5.57 Å². The number of hydrogen-bond acceptors (Lipinski definition) is 8. The van der Waals surface area contributed by atoms with Crippen molar-refractivity contribution in [3.8, 4) is 17.6 Å². The molecule has 2 saturated heterocycles. The van der Waals surface area contributed by atoms with E-state index in [1.54, 1.807) is 24.4 Å². The zero-order chi connectivity index (χ0) is 36.0. The molecule has 1 aliphatic carbocycles. The van der Waals surface area contributed by atoms with E-state index in [1.807, 2.05) is 40.2 Å². The highest BCUT2D eigenvalue weighted by atomic mass is 35.5. The van der Waals surface area contributed by atoms with Gasteiger partial charge >= 0.3 is 5.97 Å². The molecule has 1 N–H and O–H groups in total. The van der Waals surface area contributed by atoms with E-state index in [9.17, 15) is 20.0 Å². The molecule has 3 aromatic rings. The number of likely N-dealkylation sites (tertiary alicyclic amines) is 1. The van der Waals surface area contributed by atoms with Gasteiger partial charge in [0.05, 0.1) is 23.8 Å². The zero-order valence-corrected chi connectivity index (χ0v) is 29.8. The largest absolute Gasteiger partial charge is 0.490 e. The van der Waals surface area contributed by atoms with Crippen LogP contribution in [0.1, 0.15) is 55.4 Å². The van der Waals surface area contributed by atoms with E-state index in [-0.39, 0.29) is 19.1 Å². The third-order valence-corrected chi connectivity index (χ3v) is 10.7. The molecule has 0 bridgehead atoms. The molecule has 266 valence electrons. The lowest BCUT2D eigenvalue weighted by Gasteiger charge is -2.49. The van der Waals surface area contributed by atoms with Crippen LogP contribution < -0.4 is 9.47 Å². The van der Waals surface area contributed by atoms with Crippen LogP contribution >= 0.6 is 11.6 Å². The molecule has 2 aromatic carbocycles. The number of pyridine rings is 1. The minimum atomic E-state index is -1.10. The fourth-order valence-corrected chi connectivity index (χ4v) is 7.56. The summed E-state index contributed by atoms with van der Waals surface area (Å²) in [5.74, 6) is -0.109. The summed E-state index contributed by atoms with van der Waals surface area (Å²) in [6, 6.07) is 16.7. The van der Waals surface area contributed by atoms with Gasteiger partial charge in [0.1, 0.15) is 42.2 Å². The lowest BCUT2D eigenvalue weighted by molar-refractivity contribution is -0.150. The number of nitrogens with zero attached hydrogens (tertiary/aromatic N) is 4. The summed E-state index contributed by atoms with van der Waals surface area (Å²) in [7, 11) is 0. The fraction of sp³-hybridized carbons (Fsp3) is 0.400. The number of allylic oxidation sites excluding steroid dienone is 3. The van der Waals surface area contributed by atoms with Crippen LogP contribution in [0, 0.1) is 22.2 Å². The van der Waals surface area contributed by atoms with E-state index in [2.05, 4.69) is 43.1 Å². The molecule has 1 aromatic heterocycles. The third kappa shape index (κ3) is 7.66. The van der Waals surface area contributed by atoms with Gasteiger partial charge in [0.15, 0.2) is 0 Å². The van der Waals surface area contributed by atoms with Crippen LogP contribution in [0.4, 0.5) is 0 Å². The van der Waals surface area contributed by atoms with Crippen LogP contribution in [-0.4, -0.2) is 77.3 Å². The molecule has 10 nitrogen and oxygen atoms in total. The highest BCUT2D eigenvalue weighted by Gasteiger charge is 2.55. The third-order valence-electron chi connectivity index (χ3n) is 10.4. The molecule has 1 amide bonds. The van der Waals surface area contributed by atoms with Gasteiger partial charge in [-0.25, -0.2) is 0 Å².